The zero-order valence-electron chi connectivity index (χ0n) is 32.7. The molecule has 0 nitrogen and oxygen atoms in total. The van der Waals surface area contributed by atoms with Gasteiger partial charge in [0.2, 0.25) is 0 Å². The molecule has 0 fully saturated rings. The topological polar surface area (TPSA) is 0 Å². The average molecular weight is 701 g/mol. The van der Waals surface area contributed by atoms with Crippen LogP contribution in [0, 0.1) is 0 Å². The quantitative estimate of drug-likeness (QED) is 0.157. The van der Waals surface area contributed by atoms with Gasteiger partial charge in [0.05, 0.1) is 0 Å². The standard InChI is InChI=1S/C46H30.C4H10.2C2H6/c1-2-12-37-30-38(29-22-31(37)10-1)32-20-25-35(26-21-32)45-41-15-5-7-17-43(41)46(44-18-8-6-16-42(44)45)36-27-23-34(24-28-36)40-19-9-13-33-11-3-4-14-39(33)40;1-3-4-2;2*1-2/h1-30H;3-4H2,1-2H3;2*1-2H3. The lowest BCUT2D eigenvalue weighted by Crippen LogP contribution is -1.91. The molecule has 0 amide bonds. The van der Waals surface area contributed by atoms with Crippen LogP contribution in [0.5, 0.6) is 0 Å². The normalized spacial score (nSPS) is 10.6. The van der Waals surface area contributed by atoms with Crippen molar-refractivity contribution in [2.75, 3.05) is 0 Å². The van der Waals surface area contributed by atoms with Crippen LogP contribution >= 0.6 is 0 Å². The Balaban J connectivity index is 0.000000577. The smallest absolute Gasteiger partial charge is 0.00264 e. The van der Waals surface area contributed by atoms with Crippen LogP contribution < -0.4 is 0 Å². The van der Waals surface area contributed by atoms with Gasteiger partial charge < -0.3 is 0 Å². The van der Waals surface area contributed by atoms with E-state index in [9.17, 15) is 0 Å². The van der Waals surface area contributed by atoms with Crippen molar-refractivity contribution in [3.05, 3.63) is 182 Å². The van der Waals surface area contributed by atoms with Crippen molar-refractivity contribution in [3.8, 4) is 44.5 Å². The monoisotopic (exact) mass is 700 g/mol. The van der Waals surface area contributed by atoms with Crippen molar-refractivity contribution in [2.24, 2.45) is 0 Å². The largest absolute Gasteiger partial charge is 0.0683 e. The van der Waals surface area contributed by atoms with Crippen LogP contribution in [-0.2, 0) is 0 Å². The van der Waals surface area contributed by atoms with E-state index in [-0.39, 0.29) is 0 Å². The molecule has 0 aliphatic heterocycles. The van der Waals surface area contributed by atoms with Gasteiger partial charge in [0.25, 0.3) is 0 Å². The maximum absolute atomic E-state index is 2.29. The van der Waals surface area contributed by atoms with Gasteiger partial charge >= 0.3 is 0 Å². The summed E-state index contributed by atoms with van der Waals surface area (Å²) < 4.78 is 0. The molecule has 268 valence electrons. The second kappa shape index (κ2) is 18.2. The highest BCUT2D eigenvalue weighted by atomic mass is 14.2. The minimum absolute atomic E-state index is 1.23. The minimum atomic E-state index is 1.23. The molecule has 0 atom stereocenters. The molecule has 0 saturated heterocycles. The van der Waals surface area contributed by atoms with E-state index >= 15 is 0 Å². The summed E-state index contributed by atoms with van der Waals surface area (Å²) in [6.07, 6.45) is 2.64. The van der Waals surface area contributed by atoms with Gasteiger partial charge in [-0.25, -0.2) is 0 Å². The van der Waals surface area contributed by atoms with Crippen molar-refractivity contribution >= 4 is 43.1 Å². The third-order valence-corrected chi connectivity index (χ3v) is 9.96. The first-order valence-corrected chi connectivity index (χ1v) is 19.8. The van der Waals surface area contributed by atoms with E-state index < -0.39 is 0 Å². The number of unbranched alkanes of at least 4 members (excludes halogenated alkanes) is 1. The number of benzene rings is 9. The van der Waals surface area contributed by atoms with Crippen molar-refractivity contribution in [1.29, 1.82) is 0 Å². The van der Waals surface area contributed by atoms with Crippen molar-refractivity contribution in [2.45, 2.75) is 54.4 Å². The summed E-state index contributed by atoms with van der Waals surface area (Å²) in [4.78, 5) is 0. The molecule has 9 rings (SSSR count). The first-order chi connectivity index (χ1) is 26.7. The molecule has 0 aliphatic rings. The Morgan fingerprint density at radius 3 is 1.15 bits per heavy atom. The van der Waals surface area contributed by atoms with Crippen LogP contribution in [0.1, 0.15) is 54.4 Å². The molecule has 0 radical (unpaired) electrons. The van der Waals surface area contributed by atoms with E-state index in [1.165, 1.54) is 100 Å². The van der Waals surface area contributed by atoms with Gasteiger partial charge in [-0.1, -0.05) is 230 Å². The summed E-state index contributed by atoms with van der Waals surface area (Å²) in [5.41, 5.74) is 10.00. The zero-order chi connectivity index (χ0) is 37.9. The maximum Gasteiger partial charge on any atom is -0.00264 e. The highest BCUT2D eigenvalue weighted by Crippen LogP contribution is 2.44. The van der Waals surface area contributed by atoms with Crippen LogP contribution in [0.3, 0.4) is 0 Å². The molecule has 0 aromatic heterocycles. The van der Waals surface area contributed by atoms with Gasteiger partial charge in [-0.15, -0.1) is 0 Å². The molecule has 0 spiro atoms. The number of hydrogen-bond acceptors (Lipinski definition) is 0. The van der Waals surface area contributed by atoms with E-state index in [0.717, 1.165) is 0 Å². The molecule has 0 aliphatic carbocycles. The summed E-state index contributed by atoms with van der Waals surface area (Å²) in [7, 11) is 0. The van der Waals surface area contributed by atoms with E-state index in [4.69, 9.17) is 0 Å². The molecule has 0 N–H and O–H groups in total. The highest BCUT2D eigenvalue weighted by Gasteiger charge is 2.17. The van der Waals surface area contributed by atoms with Crippen molar-refractivity contribution in [3.63, 3.8) is 0 Å². The SMILES string of the molecule is CC.CC.CCCC.c1ccc2cc(-c3ccc(-c4c5ccccc5c(-c5ccc(-c6cccc7ccccc67)cc5)c5ccccc45)cc3)ccc2c1. The Kier molecular flexibility index (Phi) is 12.7. The zero-order valence-corrected chi connectivity index (χ0v) is 32.7. The second-order valence-corrected chi connectivity index (χ2v) is 13.1. The summed E-state index contributed by atoms with van der Waals surface area (Å²) in [6, 6.07) is 66.5. The first-order valence-electron chi connectivity index (χ1n) is 19.8. The molecule has 9 aromatic carbocycles. The molecular weight excluding hydrogens is 649 g/mol. The Bertz CT molecular complexity index is 2520. The highest BCUT2D eigenvalue weighted by molar-refractivity contribution is 6.21. The minimum Gasteiger partial charge on any atom is -0.0683 e. The predicted octanol–water partition coefficient (Wildman–Crippen LogP) is 16.8. The van der Waals surface area contributed by atoms with Gasteiger partial charge in [-0.2, -0.15) is 0 Å². The number of hydrogen-bond donors (Lipinski definition) is 0. The summed E-state index contributed by atoms with van der Waals surface area (Å²) in [6.45, 7) is 12.4. The lowest BCUT2D eigenvalue weighted by atomic mass is 9.85. The maximum atomic E-state index is 2.29. The molecular formula is C54H52. The Morgan fingerprint density at radius 1 is 0.278 bits per heavy atom. The molecule has 54 heavy (non-hydrogen) atoms. The van der Waals surface area contributed by atoms with Crippen molar-refractivity contribution in [1.82, 2.24) is 0 Å². The van der Waals surface area contributed by atoms with Gasteiger partial charge in [0.1, 0.15) is 0 Å². The first kappa shape index (κ1) is 37.8. The Hall–Kier alpha value is -5.98. The van der Waals surface area contributed by atoms with Crippen LogP contribution in [0.25, 0.3) is 87.6 Å². The van der Waals surface area contributed by atoms with Crippen LogP contribution in [-0.4, -0.2) is 0 Å². The number of fused-ring (bicyclic) bond motifs is 4. The number of rotatable bonds is 5. The summed E-state index contributed by atoms with van der Waals surface area (Å²) in [5.74, 6) is 0. The third kappa shape index (κ3) is 7.71. The Labute approximate surface area is 322 Å². The van der Waals surface area contributed by atoms with E-state index in [0.29, 0.717) is 0 Å². The lowest BCUT2D eigenvalue weighted by molar-refractivity contribution is 0.886. The molecule has 0 unspecified atom stereocenters. The van der Waals surface area contributed by atoms with Gasteiger partial charge in [0, 0.05) is 0 Å². The van der Waals surface area contributed by atoms with Crippen LogP contribution in [0.4, 0.5) is 0 Å². The van der Waals surface area contributed by atoms with Gasteiger partial charge in [0.15, 0.2) is 0 Å². The summed E-state index contributed by atoms with van der Waals surface area (Å²) in [5, 5.41) is 10.2. The summed E-state index contributed by atoms with van der Waals surface area (Å²) >= 11 is 0. The fourth-order valence-electron chi connectivity index (χ4n) is 7.24. The molecule has 0 heteroatoms. The average Bonchev–Trinajstić information content (AvgIpc) is 3.27. The lowest BCUT2D eigenvalue weighted by Gasteiger charge is -2.18. The molecule has 0 saturated carbocycles. The Morgan fingerprint density at radius 2 is 0.648 bits per heavy atom. The van der Waals surface area contributed by atoms with E-state index in [2.05, 4.69) is 196 Å². The van der Waals surface area contributed by atoms with E-state index in [1.807, 2.05) is 27.7 Å². The predicted molar refractivity (Wildman–Crippen MR) is 241 cm³/mol. The van der Waals surface area contributed by atoms with E-state index in [1.54, 1.807) is 0 Å². The fourth-order valence-corrected chi connectivity index (χ4v) is 7.24. The van der Waals surface area contributed by atoms with Gasteiger partial charge in [-0.3, -0.25) is 0 Å². The third-order valence-electron chi connectivity index (χ3n) is 9.96. The van der Waals surface area contributed by atoms with Gasteiger partial charge in [-0.05, 0) is 93.7 Å². The molecule has 0 bridgehead atoms. The second-order valence-electron chi connectivity index (χ2n) is 13.1. The van der Waals surface area contributed by atoms with Crippen LogP contribution in [0.15, 0.2) is 182 Å². The molecule has 0 heterocycles. The fraction of sp³-hybridized carbons (Fsp3) is 0.148. The van der Waals surface area contributed by atoms with Crippen LogP contribution in [0.2, 0.25) is 0 Å². The molecule has 9 aromatic rings. The van der Waals surface area contributed by atoms with Crippen molar-refractivity contribution < 1.29 is 0 Å².